The van der Waals surface area contributed by atoms with Gasteiger partial charge in [-0.25, -0.2) is 0 Å². The minimum Gasteiger partial charge on any atom is -0.486 e. The topological polar surface area (TPSA) is 67.9 Å². The van der Waals surface area contributed by atoms with Gasteiger partial charge in [0.1, 0.15) is 13.2 Å². The van der Waals surface area contributed by atoms with E-state index in [1.165, 1.54) is 11.3 Å². The molecule has 2 aliphatic heterocycles. The molecule has 2 aromatic carbocycles. The summed E-state index contributed by atoms with van der Waals surface area (Å²) in [7, 11) is 0. The lowest BCUT2D eigenvalue weighted by molar-refractivity contribution is -0.117. The molecule has 0 unspecified atom stereocenters. The molecule has 1 N–H and O–H groups in total. The van der Waals surface area contributed by atoms with Crippen molar-refractivity contribution in [2.45, 2.75) is 12.8 Å². The van der Waals surface area contributed by atoms with Crippen molar-refractivity contribution in [2.75, 3.05) is 30.0 Å². The maximum Gasteiger partial charge on any atom is 0.265 e. The van der Waals surface area contributed by atoms with Gasteiger partial charge in [0.15, 0.2) is 11.5 Å². The maximum absolute atomic E-state index is 12.7. The second-order valence-corrected chi connectivity index (χ2v) is 8.26. The Bertz CT molecular complexity index is 1110. The molecule has 3 aromatic rings. The summed E-state index contributed by atoms with van der Waals surface area (Å²) in [6.45, 7) is 1.85. The molecule has 1 aromatic heterocycles. The van der Waals surface area contributed by atoms with E-state index in [-0.39, 0.29) is 11.8 Å². The third kappa shape index (κ3) is 3.64. The van der Waals surface area contributed by atoms with Crippen molar-refractivity contribution < 1.29 is 19.1 Å². The summed E-state index contributed by atoms with van der Waals surface area (Å²) in [6.07, 6.45) is 1.49. The van der Waals surface area contributed by atoms with Crippen LogP contribution >= 0.6 is 11.3 Å². The van der Waals surface area contributed by atoms with Crippen LogP contribution in [0.25, 0.3) is 10.4 Å². The molecule has 5 rings (SSSR count). The number of hydrogen-bond acceptors (Lipinski definition) is 5. The van der Waals surface area contributed by atoms with E-state index in [2.05, 4.69) is 5.32 Å². The minimum atomic E-state index is -0.159. The van der Waals surface area contributed by atoms with E-state index in [0.717, 1.165) is 40.6 Å². The van der Waals surface area contributed by atoms with Crippen molar-refractivity contribution in [1.29, 1.82) is 0 Å². The van der Waals surface area contributed by atoms with E-state index in [4.69, 9.17) is 9.47 Å². The molecule has 0 spiro atoms. The van der Waals surface area contributed by atoms with Gasteiger partial charge in [0, 0.05) is 29.2 Å². The highest BCUT2D eigenvalue weighted by Crippen LogP contribution is 2.37. The van der Waals surface area contributed by atoms with Crippen LogP contribution in [-0.2, 0) is 4.79 Å². The van der Waals surface area contributed by atoms with Gasteiger partial charge in [-0.2, -0.15) is 0 Å². The fourth-order valence-electron chi connectivity index (χ4n) is 3.65. The van der Waals surface area contributed by atoms with Crippen molar-refractivity contribution in [2.24, 2.45) is 0 Å². The third-order valence-electron chi connectivity index (χ3n) is 5.17. The lowest BCUT2D eigenvalue weighted by atomic mass is 10.1. The van der Waals surface area contributed by atoms with E-state index in [1.807, 2.05) is 54.6 Å². The number of nitrogens with one attached hydrogen (secondary N) is 1. The zero-order chi connectivity index (χ0) is 20.5. The van der Waals surface area contributed by atoms with Gasteiger partial charge < -0.3 is 19.7 Å². The first-order valence-corrected chi connectivity index (χ1v) is 10.7. The van der Waals surface area contributed by atoms with Crippen molar-refractivity contribution in [1.82, 2.24) is 0 Å². The Morgan fingerprint density at radius 3 is 2.53 bits per heavy atom. The average Bonchev–Trinajstić information content (AvgIpc) is 3.43. The van der Waals surface area contributed by atoms with E-state index in [0.29, 0.717) is 30.2 Å². The largest absolute Gasteiger partial charge is 0.486 e. The highest BCUT2D eigenvalue weighted by Gasteiger charge is 2.21. The molecule has 2 aliphatic rings. The van der Waals surface area contributed by atoms with Crippen molar-refractivity contribution >= 4 is 34.5 Å². The van der Waals surface area contributed by atoms with Crippen LogP contribution < -0.4 is 19.7 Å². The summed E-state index contributed by atoms with van der Waals surface area (Å²) in [6, 6.07) is 17.0. The van der Waals surface area contributed by atoms with Crippen LogP contribution in [0, 0.1) is 0 Å². The van der Waals surface area contributed by atoms with Gasteiger partial charge in [0.25, 0.3) is 5.91 Å². The quantitative estimate of drug-likeness (QED) is 0.672. The third-order valence-corrected chi connectivity index (χ3v) is 6.30. The van der Waals surface area contributed by atoms with Crippen LogP contribution in [0.4, 0.5) is 11.4 Å². The lowest BCUT2D eigenvalue weighted by Gasteiger charge is -2.18. The van der Waals surface area contributed by atoms with Gasteiger partial charge in [-0.05, 0) is 66.6 Å². The molecule has 0 saturated carbocycles. The minimum absolute atomic E-state index is 0.150. The Balaban J connectivity index is 1.28. The number of carbonyl (C=O) groups is 2. The molecule has 0 aliphatic carbocycles. The molecule has 0 atom stereocenters. The molecule has 0 bridgehead atoms. The first-order chi connectivity index (χ1) is 14.7. The molecule has 6 nitrogen and oxygen atoms in total. The van der Waals surface area contributed by atoms with Gasteiger partial charge in [0.05, 0.1) is 4.88 Å². The van der Waals surface area contributed by atoms with E-state index < -0.39 is 0 Å². The second kappa shape index (κ2) is 7.84. The number of carbonyl (C=O) groups excluding carboxylic acids is 2. The van der Waals surface area contributed by atoms with Crippen LogP contribution in [0.15, 0.2) is 54.6 Å². The highest BCUT2D eigenvalue weighted by atomic mass is 32.1. The summed E-state index contributed by atoms with van der Waals surface area (Å²) in [5, 5.41) is 2.93. The SMILES string of the molecule is O=C(Nc1ccc(N2CCCC2=O)cc1)c1ccc(-c2ccc3c(c2)OCCO3)s1. The molecular weight excluding hydrogens is 400 g/mol. The van der Waals surface area contributed by atoms with E-state index in [9.17, 15) is 9.59 Å². The van der Waals surface area contributed by atoms with Crippen LogP contribution in [-0.4, -0.2) is 31.6 Å². The molecular formula is C23H20N2O4S. The number of rotatable bonds is 4. The van der Waals surface area contributed by atoms with Crippen LogP contribution in [0.2, 0.25) is 0 Å². The summed E-state index contributed by atoms with van der Waals surface area (Å²) >= 11 is 1.43. The predicted octanol–water partition coefficient (Wildman–Crippen LogP) is 4.57. The summed E-state index contributed by atoms with van der Waals surface area (Å²) in [5.74, 6) is 1.47. The zero-order valence-corrected chi connectivity index (χ0v) is 17.0. The van der Waals surface area contributed by atoms with Crippen LogP contribution in [0.5, 0.6) is 11.5 Å². The van der Waals surface area contributed by atoms with Crippen molar-refractivity contribution in [3.8, 4) is 21.9 Å². The smallest absolute Gasteiger partial charge is 0.265 e. The number of fused-ring (bicyclic) bond motifs is 1. The standard InChI is InChI=1S/C23H20N2O4S/c26-22-2-1-11-25(22)17-6-4-16(5-7-17)24-23(27)21-10-9-20(30-21)15-3-8-18-19(14-15)29-13-12-28-18/h3-10,14H,1-2,11-13H2,(H,24,27). The Hall–Kier alpha value is -3.32. The second-order valence-electron chi connectivity index (χ2n) is 7.17. The van der Waals surface area contributed by atoms with Gasteiger partial charge in [-0.1, -0.05) is 0 Å². The van der Waals surface area contributed by atoms with Gasteiger partial charge in [-0.15, -0.1) is 11.3 Å². The van der Waals surface area contributed by atoms with Gasteiger partial charge in [-0.3, -0.25) is 9.59 Å². The molecule has 30 heavy (non-hydrogen) atoms. The number of nitrogens with zero attached hydrogens (tertiary/aromatic N) is 1. The van der Waals surface area contributed by atoms with E-state index in [1.54, 1.807) is 4.90 Å². The summed E-state index contributed by atoms with van der Waals surface area (Å²) < 4.78 is 11.2. The highest BCUT2D eigenvalue weighted by molar-refractivity contribution is 7.17. The fraction of sp³-hybridized carbons (Fsp3) is 0.217. The number of benzene rings is 2. The van der Waals surface area contributed by atoms with E-state index >= 15 is 0 Å². The van der Waals surface area contributed by atoms with Gasteiger partial charge >= 0.3 is 0 Å². The Kier molecular flexibility index (Phi) is 4.88. The summed E-state index contributed by atoms with van der Waals surface area (Å²) in [4.78, 5) is 27.9. The lowest BCUT2D eigenvalue weighted by Crippen LogP contribution is -2.23. The van der Waals surface area contributed by atoms with Crippen LogP contribution in [0.1, 0.15) is 22.5 Å². The maximum atomic E-state index is 12.7. The number of anilines is 2. The Morgan fingerprint density at radius 1 is 0.967 bits per heavy atom. The number of ether oxygens (including phenoxy) is 2. The molecule has 1 fully saturated rings. The number of hydrogen-bond donors (Lipinski definition) is 1. The average molecular weight is 420 g/mol. The Morgan fingerprint density at radius 2 is 1.77 bits per heavy atom. The fourth-order valence-corrected chi connectivity index (χ4v) is 4.55. The first kappa shape index (κ1) is 18.7. The monoisotopic (exact) mass is 420 g/mol. The normalized spacial score (nSPS) is 15.3. The molecule has 7 heteroatoms. The first-order valence-electron chi connectivity index (χ1n) is 9.89. The van der Waals surface area contributed by atoms with Crippen LogP contribution in [0.3, 0.4) is 0 Å². The van der Waals surface area contributed by atoms with Crippen molar-refractivity contribution in [3.05, 3.63) is 59.5 Å². The number of thiophene rings is 1. The molecule has 3 heterocycles. The summed E-state index contributed by atoms with van der Waals surface area (Å²) in [5.41, 5.74) is 2.56. The predicted molar refractivity (Wildman–Crippen MR) is 117 cm³/mol. The van der Waals surface area contributed by atoms with Crippen molar-refractivity contribution in [3.63, 3.8) is 0 Å². The zero-order valence-electron chi connectivity index (χ0n) is 16.2. The molecule has 2 amide bonds. The van der Waals surface area contributed by atoms with Gasteiger partial charge in [0.2, 0.25) is 5.91 Å². The molecule has 1 saturated heterocycles. The molecule has 152 valence electrons. The Labute approximate surface area is 178 Å². The molecule has 0 radical (unpaired) electrons. The number of amides is 2.